The SMILES string of the molecule is Cc1ccc(C(=O)Nc2cccc(-c3cc4c(o3)CCN(C(=O)c3cccc(C(F)(F)F)c3)C4)c2)cc1. The molecule has 0 fully saturated rings. The van der Waals surface area contributed by atoms with Crippen LogP contribution < -0.4 is 5.32 Å². The van der Waals surface area contributed by atoms with E-state index < -0.39 is 17.6 Å². The van der Waals surface area contributed by atoms with Crippen LogP contribution in [-0.2, 0) is 19.1 Å². The summed E-state index contributed by atoms with van der Waals surface area (Å²) < 4.78 is 45.3. The van der Waals surface area contributed by atoms with E-state index in [4.69, 9.17) is 4.42 Å². The average molecular weight is 505 g/mol. The summed E-state index contributed by atoms with van der Waals surface area (Å²) in [5.41, 5.74) is 2.93. The van der Waals surface area contributed by atoms with E-state index in [1.54, 1.807) is 18.2 Å². The number of carbonyl (C=O) groups excluding carboxylic acids is 2. The van der Waals surface area contributed by atoms with E-state index in [2.05, 4.69) is 5.32 Å². The van der Waals surface area contributed by atoms with Gasteiger partial charge in [0.2, 0.25) is 0 Å². The average Bonchev–Trinajstić information content (AvgIpc) is 3.32. The summed E-state index contributed by atoms with van der Waals surface area (Å²) in [6.45, 7) is 2.52. The number of nitrogens with one attached hydrogen (secondary N) is 1. The van der Waals surface area contributed by atoms with Crippen molar-refractivity contribution >= 4 is 17.5 Å². The molecule has 2 amide bonds. The van der Waals surface area contributed by atoms with Gasteiger partial charge in [-0.25, -0.2) is 0 Å². The first-order valence-corrected chi connectivity index (χ1v) is 11.7. The standard InChI is InChI=1S/C29H23F3N2O3/c1-18-8-10-19(11-9-18)27(35)33-24-7-3-4-20(15-24)26-16-22-17-34(13-12-25(22)37-26)28(36)21-5-2-6-23(14-21)29(30,31)32/h2-11,14-16H,12-13,17H2,1H3,(H,33,35). The van der Waals surface area contributed by atoms with E-state index >= 15 is 0 Å². The van der Waals surface area contributed by atoms with Crippen LogP contribution in [0.1, 0.15) is 43.2 Å². The Morgan fingerprint density at radius 2 is 1.68 bits per heavy atom. The van der Waals surface area contributed by atoms with Crippen LogP contribution in [0, 0.1) is 6.92 Å². The van der Waals surface area contributed by atoms with Crippen molar-refractivity contribution in [2.45, 2.75) is 26.1 Å². The number of nitrogens with zero attached hydrogens (tertiary/aromatic N) is 1. The van der Waals surface area contributed by atoms with Crippen molar-refractivity contribution < 1.29 is 27.2 Å². The summed E-state index contributed by atoms with van der Waals surface area (Å²) >= 11 is 0. The number of furan rings is 1. The van der Waals surface area contributed by atoms with Crippen molar-refractivity contribution in [2.75, 3.05) is 11.9 Å². The highest BCUT2D eigenvalue weighted by atomic mass is 19.4. The summed E-state index contributed by atoms with van der Waals surface area (Å²) in [5.74, 6) is 0.641. The van der Waals surface area contributed by atoms with Crippen molar-refractivity contribution in [3.8, 4) is 11.3 Å². The van der Waals surface area contributed by atoms with Crippen LogP contribution in [-0.4, -0.2) is 23.3 Å². The van der Waals surface area contributed by atoms with Gasteiger partial charge in [-0.15, -0.1) is 0 Å². The van der Waals surface area contributed by atoms with Gasteiger partial charge in [-0.2, -0.15) is 13.2 Å². The molecule has 1 aliphatic heterocycles. The zero-order valence-corrected chi connectivity index (χ0v) is 19.9. The Bertz CT molecular complexity index is 1470. The largest absolute Gasteiger partial charge is 0.461 e. The number of amides is 2. The third-order valence-corrected chi connectivity index (χ3v) is 6.31. The quantitative estimate of drug-likeness (QED) is 0.335. The minimum absolute atomic E-state index is 0.000914. The van der Waals surface area contributed by atoms with E-state index in [-0.39, 0.29) is 18.0 Å². The summed E-state index contributed by atoms with van der Waals surface area (Å²) in [6, 6.07) is 20.8. The number of anilines is 1. The first kappa shape index (κ1) is 24.4. The fourth-order valence-electron chi connectivity index (χ4n) is 4.32. The Hall–Kier alpha value is -4.33. The fourth-order valence-corrected chi connectivity index (χ4v) is 4.32. The van der Waals surface area contributed by atoms with Crippen LogP contribution in [0.5, 0.6) is 0 Å². The van der Waals surface area contributed by atoms with Gasteiger partial charge in [0.1, 0.15) is 11.5 Å². The molecule has 37 heavy (non-hydrogen) atoms. The van der Waals surface area contributed by atoms with Crippen molar-refractivity contribution in [3.63, 3.8) is 0 Å². The second-order valence-corrected chi connectivity index (χ2v) is 9.02. The second kappa shape index (κ2) is 9.61. The number of benzene rings is 3. The van der Waals surface area contributed by atoms with Gasteiger partial charge >= 0.3 is 6.18 Å². The maximum absolute atomic E-state index is 13.1. The first-order valence-electron chi connectivity index (χ1n) is 11.7. The highest BCUT2D eigenvalue weighted by Gasteiger charge is 2.32. The van der Waals surface area contributed by atoms with Crippen LogP contribution >= 0.6 is 0 Å². The number of rotatable bonds is 4. The molecule has 0 atom stereocenters. The third kappa shape index (κ3) is 5.28. The van der Waals surface area contributed by atoms with E-state index in [1.807, 2.05) is 43.3 Å². The van der Waals surface area contributed by atoms with Gasteiger partial charge in [-0.3, -0.25) is 9.59 Å². The monoisotopic (exact) mass is 504 g/mol. The van der Waals surface area contributed by atoms with Gasteiger partial charge in [0.25, 0.3) is 11.8 Å². The molecule has 1 aliphatic rings. The summed E-state index contributed by atoms with van der Waals surface area (Å²) in [6.07, 6.45) is -4.07. The van der Waals surface area contributed by atoms with Crippen LogP contribution in [0.3, 0.4) is 0 Å². The lowest BCUT2D eigenvalue weighted by atomic mass is 10.0. The molecule has 1 aromatic heterocycles. The number of fused-ring (bicyclic) bond motifs is 1. The second-order valence-electron chi connectivity index (χ2n) is 9.02. The number of hydrogen-bond donors (Lipinski definition) is 1. The van der Waals surface area contributed by atoms with Crippen LogP contribution in [0.2, 0.25) is 0 Å². The zero-order valence-electron chi connectivity index (χ0n) is 19.9. The number of aryl methyl sites for hydroxylation is 1. The van der Waals surface area contributed by atoms with E-state index in [0.29, 0.717) is 30.0 Å². The molecular formula is C29H23F3N2O3. The number of alkyl halides is 3. The maximum atomic E-state index is 13.1. The van der Waals surface area contributed by atoms with Gasteiger partial charge < -0.3 is 14.6 Å². The topological polar surface area (TPSA) is 62.6 Å². The van der Waals surface area contributed by atoms with Gasteiger partial charge in [0, 0.05) is 47.5 Å². The molecular weight excluding hydrogens is 481 g/mol. The molecule has 0 saturated carbocycles. The molecule has 5 rings (SSSR count). The molecule has 0 saturated heterocycles. The van der Waals surface area contributed by atoms with Crippen molar-refractivity contribution in [2.24, 2.45) is 0 Å². The molecule has 3 aromatic carbocycles. The maximum Gasteiger partial charge on any atom is 0.416 e. The summed E-state index contributed by atoms with van der Waals surface area (Å²) in [7, 11) is 0. The molecule has 2 heterocycles. The highest BCUT2D eigenvalue weighted by Crippen LogP contribution is 2.33. The lowest BCUT2D eigenvalue weighted by Gasteiger charge is -2.26. The smallest absolute Gasteiger partial charge is 0.416 e. The highest BCUT2D eigenvalue weighted by molar-refractivity contribution is 6.04. The molecule has 188 valence electrons. The molecule has 0 bridgehead atoms. The Labute approximate surface area is 211 Å². The number of hydrogen-bond acceptors (Lipinski definition) is 3. The predicted octanol–water partition coefficient (Wildman–Crippen LogP) is 6.72. The van der Waals surface area contributed by atoms with Crippen LogP contribution in [0.25, 0.3) is 11.3 Å². The van der Waals surface area contributed by atoms with Crippen molar-refractivity contribution in [1.29, 1.82) is 0 Å². The van der Waals surface area contributed by atoms with E-state index in [0.717, 1.165) is 34.6 Å². The third-order valence-electron chi connectivity index (χ3n) is 6.31. The minimum Gasteiger partial charge on any atom is -0.461 e. The first-order chi connectivity index (χ1) is 17.7. The fraction of sp³-hybridized carbons (Fsp3) is 0.172. The van der Waals surface area contributed by atoms with E-state index in [1.165, 1.54) is 17.0 Å². The molecule has 1 N–H and O–H groups in total. The van der Waals surface area contributed by atoms with Gasteiger partial charge in [0.15, 0.2) is 0 Å². The van der Waals surface area contributed by atoms with Crippen LogP contribution in [0.15, 0.2) is 83.3 Å². The Morgan fingerprint density at radius 3 is 2.43 bits per heavy atom. The molecule has 0 spiro atoms. The Morgan fingerprint density at radius 1 is 0.919 bits per heavy atom. The van der Waals surface area contributed by atoms with Crippen molar-refractivity contribution in [3.05, 3.63) is 112 Å². The summed E-state index contributed by atoms with van der Waals surface area (Å²) in [4.78, 5) is 27.1. The minimum atomic E-state index is -4.51. The van der Waals surface area contributed by atoms with Crippen LogP contribution in [0.4, 0.5) is 18.9 Å². The molecule has 0 aliphatic carbocycles. The van der Waals surface area contributed by atoms with Gasteiger partial charge in [0.05, 0.1) is 5.56 Å². The number of halogens is 3. The predicted molar refractivity (Wildman–Crippen MR) is 133 cm³/mol. The molecule has 0 unspecified atom stereocenters. The Kier molecular flexibility index (Phi) is 6.33. The lowest BCUT2D eigenvalue weighted by Crippen LogP contribution is -2.35. The summed E-state index contributed by atoms with van der Waals surface area (Å²) in [5, 5.41) is 2.89. The number of carbonyl (C=O) groups is 2. The van der Waals surface area contributed by atoms with Gasteiger partial charge in [-0.1, -0.05) is 35.9 Å². The van der Waals surface area contributed by atoms with Crippen molar-refractivity contribution in [1.82, 2.24) is 4.90 Å². The lowest BCUT2D eigenvalue weighted by molar-refractivity contribution is -0.137. The molecule has 0 radical (unpaired) electrons. The Balaban J connectivity index is 1.31. The normalized spacial score (nSPS) is 13.2. The van der Waals surface area contributed by atoms with E-state index in [9.17, 15) is 22.8 Å². The molecule has 8 heteroatoms. The molecule has 4 aromatic rings. The molecule has 5 nitrogen and oxygen atoms in total. The van der Waals surface area contributed by atoms with Gasteiger partial charge in [-0.05, 0) is 55.5 Å². The zero-order chi connectivity index (χ0) is 26.2.